The molecular formula is C26H30N2O8. The van der Waals surface area contributed by atoms with Crippen molar-refractivity contribution in [3.63, 3.8) is 0 Å². The fourth-order valence-corrected chi connectivity index (χ4v) is 6.13. The average molecular weight is 499 g/mol. The number of nitrogens with zero attached hydrogens (tertiary/aromatic N) is 1. The van der Waals surface area contributed by atoms with E-state index in [1.165, 1.54) is 18.1 Å². The SMILES string of the molecule is C=C(N)C1=C(O)C2(O)C(O)=C3C(=C)c4c(ccc(C(=O)OC)c4O)[C@H](C)C3[C@H](O)C2[C@H](N(C)C)C1=O. The number of likely N-dealkylation sites (N-methyl/N-ethyl adjacent to an activating group) is 1. The molecule has 10 heteroatoms. The smallest absolute Gasteiger partial charge is 0.341 e. The summed E-state index contributed by atoms with van der Waals surface area (Å²) in [4.78, 5) is 27.0. The predicted molar refractivity (Wildman–Crippen MR) is 130 cm³/mol. The van der Waals surface area contributed by atoms with Crippen molar-refractivity contribution in [2.24, 2.45) is 17.6 Å². The number of fused-ring (bicyclic) bond motifs is 3. The Kier molecular flexibility index (Phi) is 5.82. The first kappa shape index (κ1) is 25.5. The van der Waals surface area contributed by atoms with Gasteiger partial charge in [0.2, 0.25) is 0 Å². The summed E-state index contributed by atoms with van der Waals surface area (Å²) < 4.78 is 4.73. The van der Waals surface area contributed by atoms with Gasteiger partial charge in [0.15, 0.2) is 11.4 Å². The summed E-state index contributed by atoms with van der Waals surface area (Å²) in [6, 6.07) is 1.82. The molecule has 1 aromatic carbocycles. The van der Waals surface area contributed by atoms with Gasteiger partial charge >= 0.3 is 5.97 Å². The fourth-order valence-electron chi connectivity index (χ4n) is 6.13. The topological polar surface area (TPSA) is 174 Å². The van der Waals surface area contributed by atoms with Crippen LogP contribution in [-0.4, -0.2) is 81.1 Å². The number of nitrogens with two attached hydrogens (primary N) is 1. The maximum absolute atomic E-state index is 13.3. The van der Waals surface area contributed by atoms with Gasteiger partial charge in [-0.2, -0.15) is 0 Å². The van der Waals surface area contributed by atoms with Gasteiger partial charge in [0.05, 0.1) is 30.7 Å². The summed E-state index contributed by atoms with van der Waals surface area (Å²) in [5.41, 5.74) is 2.98. The Morgan fingerprint density at radius 3 is 2.33 bits per heavy atom. The molecule has 0 saturated carbocycles. The van der Waals surface area contributed by atoms with Gasteiger partial charge in [0.25, 0.3) is 0 Å². The van der Waals surface area contributed by atoms with Crippen LogP contribution in [-0.2, 0) is 9.53 Å². The van der Waals surface area contributed by atoms with E-state index in [1.807, 2.05) is 0 Å². The summed E-state index contributed by atoms with van der Waals surface area (Å²) in [5.74, 6) is -6.34. The number of allylic oxidation sites excluding steroid dienone is 2. The Morgan fingerprint density at radius 2 is 1.81 bits per heavy atom. The van der Waals surface area contributed by atoms with Gasteiger partial charge < -0.3 is 36.0 Å². The molecule has 0 fully saturated rings. The number of carbonyl (C=O) groups excluding carboxylic acids is 2. The number of esters is 1. The minimum absolute atomic E-state index is 0.0149. The number of methoxy groups -OCH3 is 1. The molecule has 1 aromatic rings. The van der Waals surface area contributed by atoms with E-state index < -0.39 is 70.1 Å². The molecule has 36 heavy (non-hydrogen) atoms. The lowest BCUT2D eigenvalue weighted by atomic mass is 9.55. The number of hydrogen-bond donors (Lipinski definition) is 6. The van der Waals surface area contributed by atoms with Gasteiger partial charge in [-0.15, -0.1) is 0 Å². The Bertz CT molecular complexity index is 1290. The highest BCUT2D eigenvalue weighted by atomic mass is 16.5. The van der Waals surface area contributed by atoms with Crippen molar-refractivity contribution in [1.82, 2.24) is 4.90 Å². The number of carbonyl (C=O) groups is 2. The molecule has 7 N–H and O–H groups in total. The maximum atomic E-state index is 13.3. The molecule has 0 aromatic heterocycles. The number of Topliss-reactive ketones (excluding diaryl/α,β-unsaturated/α-hetero) is 1. The molecular weight excluding hydrogens is 468 g/mol. The van der Waals surface area contributed by atoms with Crippen LogP contribution < -0.4 is 5.73 Å². The number of phenols is 1. The summed E-state index contributed by atoms with van der Waals surface area (Å²) in [6.45, 7) is 9.26. The van der Waals surface area contributed by atoms with Crippen molar-refractivity contribution in [2.45, 2.75) is 30.6 Å². The minimum Gasteiger partial charge on any atom is -0.508 e. The number of aliphatic hydroxyl groups is 4. The van der Waals surface area contributed by atoms with Crippen molar-refractivity contribution in [1.29, 1.82) is 0 Å². The van der Waals surface area contributed by atoms with Crippen LogP contribution in [0.5, 0.6) is 5.75 Å². The number of aromatic hydroxyl groups is 1. The number of rotatable bonds is 3. The average Bonchev–Trinajstić information content (AvgIpc) is 2.80. The first-order valence-corrected chi connectivity index (χ1v) is 11.3. The van der Waals surface area contributed by atoms with Crippen LogP contribution in [0.2, 0.25) is 0 Å². The molecule has 6 atom stereocenters. The van der Waals surface area contributed by atoms with E-state index in [9.17, 15) is 35.1 Å². The molecule has 0 saturated heterocycles. The highest BCUT2D eigenvalue weighted by molar-refractivity contribution is 6.05. The molecule has 3 unspecified atom stereocenters. The molecule has 192 valence electrons. The molecule has 3 aliphatic rings. The van der Waals surface area contributed by atoms with Crippen molar-refractivity contribution in [3.05, 3.63) is 70.3 Å². The Hall–Kier alpha value is -3.60. The Balaban J connectivity index is 2.07. The highest BCUT2D eigenvalue weighted by Gasteiger charge is 2.65. The number of hydrogen-bond acceptors (Lipinski definition) is 10. The van der Waals surface area contributed by atoms with Crippen molar-refractivity contribution < 1.29 is 39.9 Å². The normalized spacial score (nSPS) is 31.7. The van der Waals surface area contributed by atoms with Crippen molar-refractivity contribution in [2.75, 3.05) is 21.2 Å². The zero-order chi connectivity index (χ0) is 27.0. The van der Waals surface area contributed by atoms with Gasteiger partial charge in [-0.05, 0) is 37.2 Å². The van der Waals surface area contributed by atoms with Gasteiger partial charge in [-0.25, -0.2) is 4.79 Å². The van der Waals surface area contributed by atoms with E-state index in [4.69, 9.17) is 10.5 Å². The largest absolute Gasteiger partial charge is 0.508 e. The van der Waals surface area contributed by atoms with Crippen molar-refractivity contribution >= 4 is 17.3 Å². The van der Waals surface area contributed by atoms with Crippen LogP contribution >= 0.6 is 0 Å². The first-order chi connectivity index (χ1) is 16.7. The van der Waals surface area contributed by atoms with Gasteiger partial charge in [0.1, 0.15) is 22.8 Å². The number of phenolic OH excluding ortho intramolecular Hbond substituents is 1. The van der Waals surface area contributed by atoms with Crippen LogP contribution in [0.15, 0.2) is 53.7 Å². The minimum atomic E-state index is -2.61. The second kappa shape index (κ2) is 8.22. The van der Waals surface area contributed by atoms with E-state index in [2.05, 4.69) is 13.2 Å². The fraction of sp³-hybridized carbons (Fsp3) is 0.385. The van der Waals surface area contributed by atoms with Crippen LogP contribution in [0.4, 0.5) is 0 Å². The highest BCUT2D eigenvalue weighted by Crippen LogP contribution is 2.59. The first-order valence-electron chi connectivity index (χ1n) is 11.3. The van der Waals surface area contributed by atoms with E-state index in [0.717, 1.165) is 0 Å². The van der Waals surface area contributed by atoms with Gasteiger partial charge in [0, 0.05) is 22.8 Å². The van der Waals surface area contributed by atoms with Crippen LogP contribution in [0.3, 0.4) is 0 Å². The molecule has 0 radical (unpaired) electrons. The number of benzene rings is 1. The van der Waals surface area contributed by atoms with Crippen molar-refractivity contribution in [3.8, 4) is 5.75 Å². The molecule has 0 spiro atoms. The van der Waals surface area contributed by atoms with Gasteiger partial charge in [-0.1, -0.05) is 26.1 Å². The van der Waals surface area contributed by atoms with E-state index >= 15 is 0 Å². The van der Waals surface area contributed by atoms with E-state index in [0.29, 0.717) is 5.56 Å². The van der Waals surface area contributed by atoms with Crippen LogP contribution in [0.1, 0.15) is 34.3 Å². The molecule has 10 nitrogen and oxygen atoms in total. The monoisotopic (exact) mass is 498 g/mol. The molecule has 0 heterocycles. The standard InChI is InChI=1S/C26H30N2O8/c1-9-12-7-8-13(25(34)36-6)20(29)14(12)10(2)16-15(9)21(30)18-19(28(4)5)22(31)17(11(3)27)24(33)26(18,35)23(16)32/h7-9,15,18-19,21,29-30,32-33,35H,2-3,27H2,1,4-6H3/t9-,15?,18?,19-,21-,26?/m0/s1. The maximum Gasteiger partial charge on any atom is 0.341 e. The lowest BCUT2D eigenvalue weighted by Crippen LogP contribution is -2.66. The molecule has 0 aliphatic heterocycles. The molecule has 0 bridgehead atoms. The Morgan fingerprint density at radius 1 is 1.19 bits per heavy atom. The molecule has 0 amide bonds. The lowest BCUT2D eigenvalue weighted by molar-refractivity contribution is -0.149. The Labute approximate surface area is 207 Å². The number of ether oxygens (including phenoxy) is 1. The molecule has 4 rings (SSSR count). The summed E-state index contributed by atoms with van der Waals surface area (Å²) in [6.07, 6.45) is -1.45. The number of aliphatic hydroxyl groups excluding tert-OH is 3. The molecule has 3 aliphatic carbocycles. The zero-order valence-electron chi connectivity index (χ0n) is 20.4. The third kappa shape index (κ3) is 3.01. The quantitative estimate of drug-likeness (QED) is 0.333. The van der Waals surface area contributed by atoms with E-state index in [1.54, 1.807) is 27.1 Å². The predicted octanol–water partition coefficient (Wildman–Crippen LogP) is 1.26. The van der Waals surface area contributed by atoms with Gasteiger partial charge in [-0.3, -0.25) is 9.69 Å². The number of ketones is 1. The third-order valence-corrected chi connectivity index (χ3v) is 7.77. The van der Waals surface area contributed by atoms with Crippen LogP contribution in [0.25, 0.3) is 5.57 Å². The van der Waals surface area contributed by atoms with Crippen LogP contribution in [0, 0.1) is 11.8 Å². The zero-order valence-corrected chi connectivity index (χ0v) is 20.4. The third-order valence-electron chi connectivity index (χ3n) is 7.77. The summed E-state index contributed by atoms with van der Waals surface area (Å²) in [7, 11) is 4.30. The summed E-state index contributed by atoms with van der Waals surface area (Å²) in [5, 5.41) is 57.1. The second-order valence-corrected chi connectivity index (χ2v) is 9.78. The van der Waals surface area contributed by atoms with E-state index in [-0.39, 0.29) is 28.0 Å². The summed E-state index contributed by atoms with van der Waals surface area (Å²) >= 11 is 0. The second-order valence-electron chi connectivity index (χ2n) is 9.78. The lowest BCUT2D eigenvalue weighted by Gasteiger charge is -2.54.